The van der Waals surface area contributed by atoms with Gasteiger partial charge >= 0.3 is 6.09 Å². The molecule has 0 unspecified atom stereocenters. The molecule has 0 fully saturated rings. The summed E-state index contributed by atoms with van der Waals surface area (Å²) in [5.41, 5.74) is 0.454. The summed E-state index contributed by atoms with van der Waals surface area (Å²) in [5.74, 6) is 0. The van der Waals surface area contributed by atoms with E-state index in [-0.39, 0.29) is 6.04 Å². The van der Waals surface area contributed by atoms with Crippen LogP contribution < -0.4 is 5.32 Å². The van der Waals surface area contributed by atoms with E-state index in [0.717, 1.165) is 5.56 Å². The third kappa shape index (κ3) is 6.38. The molecule has 0 bridgehead atoms. The first-order valence-corrected chi connectivity index (χ1v) is 6.65. The van der Waals surface area contributed by atoms with Crippen LogP contribution in [0.4, 0.5) is 4.79 Å². The van der Waals surface area contributed by atoms with E-state index >= 15 is 0 Å². The van der Waals surface area contributed by atoms with Crippen molar-refractivity contribution in [2.75, 3.05) is 13.2 Å². The fourth-order valence-corrected chi connectivity index (χ4v) is 1.63. The van der Waals surface area contributed by atoms with Gasteiger partial charge < -0.3 is 14.8 Å². The highest BCUT2D eigenvalue weighted by Crippen LogP contribution is 2.15. The molecule has 0 aliphatic heterocycles. The van der Waals surface area contributed by atoms with Crippen LogP contribution in [-0.4, -0.2) is 24.9 Å². The van der Waals surface area contributed by atoms with Crippen molar-refractivity contribution < 1.29 is 14.3 Å². The Kier molecular flexibility index (Phi) is 6.25. The number of carbonyl (C=O) groups is 1. The molecule has 0 heterocycles. The number of alkyl carbamates (subject to hydrolysis) is 1. The molecule has 0 spiro atoms. The van der Waals surface area contributed by atoms with Gasteiger partial charge in [0.2, 0.25) is 0 Å². The zero-order valence-electron chi connectivity index (χ0n) is 12.4. The van der Waals surface area contributed by atoms with Gasteiger partial charge in [0.05, 0.1) is 19.3 Å². The van der Waals surface area contributed by atoms with Crippen molar-refractivity contribution in [1.82, 2.24) is 5.32 Å². The molecule has 0 saturated heterocycles. The van der Waals surface area contributed by atoms with Crippen molar-refractivity contribution in [1.29, 1.82) is 0 Å². The van der Waals surface area contributed by atoms with Crippen LogP contribution in [0.25, 0.3) is 0 Å². The molecule has 1 rings (SSSR count). The number of amides is 1. The zero-order chi connectivity index (χ0) is 15.0. The topological polar surface area (TPSA) is 47.6 Å². The quantitative estimate of drug-likeness (QED) is 0.640. The summed E-state index contributed by atoms with van der Waals surface area (Å²) in [6.45, 7) is 9.91. The van der Waals surface area contributed by atoms with Crippen LogP contribution in [0.2, 0.25) is 0 Å². The minimum absolute atomic E-state index is 0.244. The third-order valence-corrected chi connectivity index (χ3v) is 2.41. The van der Waals surface area contributed by atoms with Crippen LogP contribution in [0, 0.1) is 0 Å². The molecule has 1 aromatic rings. The first-order chi connectivity index (χ1) is 9.42. The first-order valence-electron chi connectivity index (χ1n) is 6.65. The number of benzene rings is 1. The van der Waals surface area contributed by atoms with Crippen molar-refractivity contribution in [3.05, 3.63) is 48.6 Å². The summed E-state index contributed by atoms with van der Waals surface area (Å²) in [6, 6.07) is 9.42. The predicted molar refractivity (Wildman–Crippen MR) is 79.6 cm³/mol. The standard InChI is InChI=1S/C16H23NO3/c1-5-11-19-12-14(13-9-7-6-8-10-13)17-15(18)20-16(2,3)4/h5-10,14H,1,11-12H2,2-4H3,(H,17,18)/t14-/m1/s1. The van der Waals surface area contributed by atoms with Crippen LogP contribution in [0.3, 0.4) is 0 Å². The number of ether oxygens (including phenoxy) is 2. The lowest BCUT2D eigenvalue weighted by Gasteiger charge is -2.23. The lowest BCUT2D eigenvalue weighted by Crippen LogP contribution is -2.36. The van der Waals surface area contributed by atoms with Gasteiger partial charge in [-0.2, -0.15) is 0 Å². The molecule has 4 heteroatoms. The molecule has 1 N–H and O–H groups in total. The highest BCUT2D eigenvalue weighted by atomic mass is 16.6. The Hall–Kier alpha value is -1.81. The molecule has 0 saturated carbocycles. The van der Waals surface area contributed by atoms with E-state index in [1.165, 1.54) is 0 Å². The van der Waals surface area contributed by atoms with E-state index in [9.17, 15) is 4.79 Å². The van der Waals surface area contributed by atoms with Crippen molar-refractivity contribution in [2.24, 2.45) is 0 Å². The van der Waals surface area contributed by atoms with Gasteiger partial charge in [0.25, 0.3) is 0 Å². The molecular formula is C16H23NO3. The molecular weight excluding hydrogens is 254 g/mol. The Bertz CT molecular complexity index is 423. The summed E-state index contributed by atoms with van der Waals surface area (Å²) in [5, 5.41) is 2.83. The predicted octanol–water partition coefficient (Wildman–Crippen LogP) is 3.46. The average Bonchev–Trinajstić information content (AvgIpc) is 2.37. The van der Waals surface area contributed by atoms with E-state index < -0.39 is 11.7 Å². The van der Waals surface area contributed by atoms with Gasteiger partial charge in [-0.05, 0) is 26.3 Å². The average molecular weight is 277 g/mol. The second-order valence-electron chi connectivity index (χ2n) is 5.44. The highest BCUT2D eigenvalue weighted by Gasteiger charge is 2.20. The van der Waals surface area contributed by atoms with Crippen LogP contribution in [0.1, 0.15) is 32.4 Å². The molecule has 110 valence electrons. The highest BCUT2D eigenvalue weighted by molar-refractivity contribution is 5.68. The van der Waals surface area contributed by atoms with E-state index in [1.807, 2.05) is 51.1 Å². The van der Waals surface area contributed by atoms with E-state index in [4.69, 9.17) is 9.47 Å². The monoisotopic (exact) mass is 277 g/mol. The van der Waals surface area contributed by atoms with Crippen LogP contribution >= 0.6 is 0 Å². The summed E-state index contributed by atoms with van der Waals surface area (Å²) < 4.78 is 10.7. The van der Waals surface area contributed by atoms with Gasteiger partial charge in [0.1, 0.15) is 5.60 Å². The second kappa shape index (κ2) is 7.70. The van der Waals surface area contributed by atoms with Gasteiger partial charge in [0, 0.05) is 0 Å². The first kappa shape index (κ1) is 16.2. The number of nitrogens with one attached hydrogen (secondary N) is 1. The molecule has 0 aromatic heterocycles. The van der Waals surface area contributed by atoms with Crippen LogP contribution in [-0.2, 0) is 9.47 Å². The fraction of sp³-hybridized carbons (Fsp3) is 0.438. The van der Waals surface area contributed by atoms with Crippen molar-refractivity contribution in [3.63, 3.8) is 0 Å². The van der Waals surface area contributed by atoms with Crippen molar-refractivity contribution >= 4 is 6.09 Å². The molecule has 0 aliphatic carbocycles. The lowest BCUT2D eigenvalue weighted by molar-refractivity contribution is 0.0455. The number of carbonyl (C=O) groups excluding carboxylic acids is 1. The molecule has 4 nitrogen and oxygen atoms in total. The van der Waals surface area contributed by atoms with Gasteiger partial charge in [-0.15, -0.1) is 6.58 Å². The Morgan fingerprint density at radius 2 is 2.00 bits per heavy atom. The largest absolute Gasteiger partial charge is 0.444 e. The maximum absolute atomic E-state index is 11.9. The van der Waals surface area contributed by atoms with E-state index in [1.54, 1.807) is 6.08 Å². The van der Waals surface area contributed by atoms with E-state index in [0.29, 0.717) is 13.2 Å². The van der Waals surface area contributed by atoms with Gasteiger partial charge in [0.15, 0.2) is 0 Å². The van der Waals surface area contributed by atoms with E-state index in [2.05, 4.69) is 11.9 Å². The number of hydrogen-bond acceptors (Lipinski definition) is 3. The minimum Gasteiger partial charge on any atom is -0.444 e. The Morgan fingerprint density at radius 3 is 2.55 bits per heavy atom. The third-order valence-electron chi connectivity index (χ3n) is 2.41. The molecule has 1 amide bonds. The molecule has 1 aromatic carbocycles. The second-order valence-corrected chi connectivity index (χ2v) is 5.44. The minimum atomic E-state index is -0.521. The number of hydrogen-bond donors (Lipinski definition) is 1. The summed E-state index contributed by atoms with van der Waals surface area (Å²) in [4.78, 5) is 11.9. The summed E-state index contributed by atoms with van der Waals surface area (Å²) in [6.07, 6.45) is 1.23. The van der Waals surface area contributed by atoms with Crippen molar-refractivity contribution in [2.45, 2.75) is 32.4 Å². The SMILES string of the molecule is C=CCOC[C@@H](NC(=O)OC(C)(C)C)c1ccccc1. The van der Waals surface area contributed by atoms with Gasteiger partial charge in [-0.3, -0.25) is 0 Å². The normalized spacial score (nSPS) is 12.6. The van der Waals surface area contributed by atoms with Gasteiger partial charge in [-0.1, -0.05) is 36.4 Å². The smallest absolute Gasteiger partial charge is 0.408 e. The maximum atomic E-state index is 11.9. The fourth-order valence-electron chi connectivity index (χ4n) is 1.63. The zero-order valence-corrected chi connectivity index (χ0v) is 12.4. The summed E-state index contributed by atoms with van der Waals surface area (Å²) in [7, 11) is 0. The lowest BCUT2D eigenvalue weighted by atomic mass is 10.1. The molecule has 0 radical (unpaired) electrons. The van der Waals surface area contributed by atoms with Gasteiger partial charge in [-0.25, -0.2) is 4.79 Å². The maximum Gasteiger partial charge on any atom is 0.408 e. The Balaban J connectivity index is 2.68. The summed E-state index contributed by atoms with van der Waals surface area (Å²) >= 11 is 0. The van der Waals surface area contributed by atoms with Crippen molar-refractivity contribution in [3.8, 4) is 0 Å². The van der Waals surface area contributed by atoms with Crippen LogP contribution in [0.5, 0.6) is 0 Å². The number of rotatable bonds is 6. The molecule has 1 atom stereocenters. The Morgan fingerprint density at radius 1 is 1.35 bits per heavy atom. The molecule has 20 heavy (non-hydrogen) atoms. The van der Waals surface area contributed by atoms with Crippen LogP contribution in [0.15, 0.2) is 43.0 Å². The molecule has 0 aliphatic rings. The Labute approximate surface area is 120 Å².